The highest BCUT2D eigenvalue weighted by molar-refractivity contribution is 5.98. The monoisotopic (exact) mass is 436 g/mol. The van der Waals surface area contributed by atoms with Crippen LogP contribution in [0.1, 0.15) is 47.7 Å². The smallest absolute Gasteiger partial charge is 0.416 e. The molecule has 0 heterocycles. The van der Waals surface area contributed by atoms with Crippen LogP contribution in [0.15, 0.2) is 48.5 Å². The quantitative estimate of drug-likeness (QED) is 0.464. The molecule has 31 heavy (non-hydrogen) atoms. The molecular weight excluding hydrogens is 409 g/mol. The average molecular weight is 436 g/mol. The number of nitrogens with one attached hydrogen (secondary N) is 2. The van der Waals surface area contributed by atoms with Gasteiger partial charge in [-0.15, -0.1) is 0 Å². The fourth-order valence-corrected chi connectivity index (χ4v) is 3.03. The van der Waals surface area contributed by atoms with Crippen LogP contribution >= 0.6 is 0 Å². The molecule has 0 aliphatic heterocycles. The van der Waals surface area contributed by atoms with Crippen molar-refractivity contribution in [2.45, 2.75) is 44.8 Å². The number of benzene rings is 2. The summed E-state index contributed by atoms with van der Waals surface area (Å²) in [5.74, 6) is -0.691. The maximum absolute atomic E-state index is 12.8. The van der Waals surface area contributed by atoms with Gasteiger partial charge in [0, 0.05) is 12.0 Å². The fraction of sp³-hybridized carbons (Fsp3) is 0.391. The average Bonchev–Trinajstić information content (AvgIpc) is 2.74. The molecule has 0 aromatic heterocycles. The second kappa shape index (κ2) is 11.5. The maximum Gasteiger partial charge on any atom is 0.416 e. The Morgan fingerprint density at radius 1 is 1.00 bits per heavy atom. The molecule has 168 valence electrons. The molecule has 0 saturated carbocycles. The van der Waals surface area contributed by atoms with Gasteiger partial charge in [0.05, 0.1) is 11.6 Å². The molecule has 1 atom stereocenters. The Balaban J connectivity index is 2.08. The van der Waals surface area contributed by atoms with Crippen LogP contribution in [0, 0.1) is 0 Å². The van der Waals surface area contributed by atoms with Gasteiger partial charge in [0.25, 0.3) is 5.91 Å². The minimum absolute atomic E-state index is 0.0427. The van der Waals surface area contributed by atoms with Crippen molar-refractivity contribution in [3.8, 4) is 5.75 Å². The molecular formula is C23H27F3N2O3. The van der Waals surface area contributed by atoms with Crippen molar-refractivity contribution in [1.29, 1.82) is 0 Å². The van der Waals surface area contributed by atoms with Crippen LogP contribution in [0.25, 0.3) is 0 Å². The van der Waals surface area contributed by atoms with Crippen LogP contribution in [-0.2, 0) is 17.4 Å². The van der Waals surface area contributed by atoms with Crippen molar-refractivity contribution < 1.29 is 27.9 Å². The van der Waals surface area contributed by atoms with Gasteiger partial charge in [0.1, 0.15) is 5.75 Å². The first-order chi connectivity index (χ1) is 14.7. The number of Topliss-reactive ketones (excluding diaryl/α,β-unsaturated/α-hetero) is 1. The van der Waals surface area contributed by atoms with Gasteiger partial charge in [-0.1, -0.05) is 19.1 Å². The topological polar surface area (TPSA) is 78.4 Å². The van der Waals surface area contributed by atoms with E-state index < -0.39 is 23.7 Å². The van der Waals surface area contributed by atoms with Gasteiger partial charge in [-0.2, -0.15) is 13.2 Å². The number of hydrogen-bond acceptors (Lipinski definition) is 4. The predicted octanol–water partition coefficient (Wildman–Crippen LogP) is 4.10. The van der Waals surface area contributed by atoms with Crippen molar-refractivity contribution in [3.63, 3.8) is 0 Å². The van der Waals surface area contributed by atoms with Crippen molar-refractivity contribution >= 4 is 11.7 Å². The van der Waals surface area contributed by atoms with E-state index in [2.05, 4.69) is 10.6 Å². The number of ketones is 1. The number of aromatic hydroxyl groups is 1. The molecule has 2 aromatic carbocycles. The minimum atomic E-state index is -4.49. The van der Waals surface area contributed by atoms with Crippen molar-refractivity contribution in [3.05, 3.63) is 65.2 Å². The molecule has 2 aromatic rings. The minimum Gasteiger partial charge on any atom is -0.508 e. The Morgan fingerprint density at radius 3 is 2.23 bits per heavy atom. The largest absolute Gasteiger partial charge is 0.508 e. The van der Waals surface area contributed by atoms with Crippen LogP contribution in [0.5, 0.6) is 5.75 Å². The Bertz CT molecular complexity index is 850. The molecule has 0 spiro atoms. The van der Waals surface area contributed by atoms with Crippen LogP contribution in [0.2, 0.25) is 0 Å². The number of hydrogen-bond donors (Lipinski definition) is 3. The predicted molar refractivity (Wildman–Crippen MR) is 112 cm³/mol. The normalized spacial score (nSPS) is 12.4. The number of carbonyl (C=O) groups excluding carboxylic acids is 2. The van der Waals surface area contributed by atoms with E-state index in [-0.39, 0.29) is 29.9 Å². The van der Waals surface area contributed by atoms with Crippen LogP contribution in [0.4, 0.5) is 13.2 Å². The summed E-state index contributed by atoms with van der Waals surface area (Å²) in [5, 5.41) is 15.3. The van der Waals surface area contributed by atoms with E-state index in [9.17, 15) is 27.9 Å². The van der Waals surface area contributed by atoms with E-state index in [1.807, 2.05) is 6.92 Å². The van der Waals surface area contributed by atoms with Gasteiger partial charge in [-0.3, -0.25) is 9.59 Å². The fourth-order valence-electron chi connectivity index (χ4n) is 3.03. The SMILES string of the molecule is CCCNCCCC(=O)C(Cc1ccc(O)cc1)NC(=O)c1ccc(C(F)(F)F)cc1. The van der Waals surface area contributed by atoms with Crippen LogP contribution in [-0.4, -0.2) is 35.9 Å². The van der Waals surface area contributed by atoms with Gasteiger partial charge >= 0.3 is 6.18 Å². The van der Waals surface area contributed by atoms with Gasteiger partial charge in [0.15, 0.2) is 5.78 Å². The lowest BCUT2D eigenvalue weighted by Gasteiger charge is -2.18. The number of amides is 1. The highest BCUT2D eigenvalue weighted by atomic mass is 19.4. The van der Waals surface area contributed by atoms with Gasteiger partial charge in [-0.05, 0) is 74.3 Å². The summed E-state index contributed by atoms with van der Waals surface area (Å²) in [4.78, 5) is 25.3. The van der Waals surface area contributed by atoms with E-state index in [1.165, 1.54) is 12.1 Å². The highest BCUT2D eigenvalue weighted by Gasteiger charge is 2.30. The Kier molecular flexibility index (Phi) is 9.05. The molecule has 2 rings (SSSR count). The third-order valence-corrected chi connectivity index (χ3v) is 4.75. The third-order valence-electron chi connectivity index (χ3n) is 4.75. The van der Waals surface area contributed by atoms with Crippen molar-refractivity contribution in [2.75, 3.05) is 13.1 Å². The zero-order valence-corrected chi connectivity index (χ0v) is 17.3. The first-order valence-electron chi connectivity index (χ1n) is 10.2. The zero-order chi connectivity index (χ0) is 22.9. The Hall–Kier alpha value is -2.87. The zero-order valence-electron chi connectivity index (χ0n) is 17.3. The lowest BCUT2D eigenvalue weighted by Crippen LogP contribution is -2.42. The second-order valence-corrected chi connectivity index (χ2v) is 7.29. The number of halogens is 3. The van der Waals surface area contributed by atoms with Crippen LogP contribution in [0.3, 0.4) is 0 Å². The summed E-state index contributed by atoms with van der Waals surface area (Å²) in [6.07, 6.45) is -2.42. The van der Waals surface area contributed by atoms with E-state index in [0.29, 0.717) is 13.0 Å². The van der Waals surface area contributed by atoms with E-state index in [0.717, 1.165) is 42.8 Å². The van der Waals surface area contributed by atoms with E-state index in [1.54, 1.807) is 12.1 Å². The molecule has 0 fully saturated rings. The second-order valence-electron chi connectivity index (χ2n) is 7.29. The molecule has 5 nitrogen and oxygen atoms in total. The molecule has 3 N–H and O–H groups in total. The number of phenols is 1. The molecule has 0 radical (unpaired) electrons. The van der Waals surface area contributed by atoms with Gasteiger partial charge in [0.2, 0.25) is 0 Å². The summed E-state index contributed by atoms with van der Waals surface area (Å²) < 4.78 is 38.2. The molecule has 8 heteroatoms. The van der Waals surface area contributed by atoms with E-state index >= 15 is 0 Å². The summed E-state index contributed by atoms with van der Waals surface area (Å²) in [7, 11) is 0. The molecule has 0 aliphatic rings. The first-order valence-corrected chi connectivity index (χ1v) is 10.2. The molecule has 0 bridgehead atoms. The number of phenolic OH excluding ortho intramolecular Hbond substituents is 1. The number of carbonyl (C=O) groups is 2. The molecule has 0 saturated heterocycles. The lowest BCUT2D eigenvalue weighted by atomic mass is 9.98. The third kappa shape index (κ3) is 8.05. The highest BCUT2D eigenvalue weighted by Crippen LogP contribution is 2.29. The lowest BCUT2D eigenvalue weighted by molar-refractivity contribution is -0.137. The summed E-state index contributed by atoms with van der Waals surface area (Å²) in [6, 6.07) is 9.32. The Labute approximate surface area is 179 Å². The van der Waals surface area contributed by atoms with Crippen molar-refractivity contribution in [2.24, 2.45) is 0 Å². The van der Waals surface area contributed by atoms with Gasteiger partial charge in [-0.25, -0.2) is 0 Å². The van der Waals surface area contributed by atoms with Gasteiger partial charge < -0.3 is 15.7 Å². The van der Waals surface area contributed by atoms with Crippen LogP contribution < -0.4 is 10.6 Å². The summed E-state index contributed by atoms with van der Waals surface area (Å²) >= 11 is 0. The molecule has 0 aliphatic carbocycles. The van der Waals surface area contributed by atoms with E-state index in [4.69, 9.17) is 0 Å². The summed E-state index contributed by atoms with van der Waals surface area (Å²) in [5.41, 5.74) is -0.0607. The maximum atomic E-state index is 12.8. The summed E-state index contributed by atoms with van der Waals surface area (Å²) in [6.45, 7) is 3.58. The first kappa shape index (κ1) is 24.4. The van der Waals surface area contributed by atoms with Crippen molar-refractivity contribution in [1.82, 2.24) is 10.6 Å². The Morgan fingerprint density at radius 2 is 1.65 bits per heavy atom. The molecule has 1 amide bonds. The number of alkyl halides is 3. The molecule has 1 unspecified atom stereocenters. The standard InChI is InChI=1S/C23H27F3N2O3/c1-2-13-27-14-3-4-21(30)20(15-16-5-11-19(29)12-6-16)28-22(31)17-7-9-18(10-8-17)23(24,25)26/h5-12,20,27,29H,2-4,13-15H2,1H3,(H,28,31). The number of rotatable bonds is 11.